The molecule has 0 N–H and O–H groups in total. The third-order valence-corrected chi connectivity index (χ3v) is 12.1. The predicted octanol–water partition coefficient (Wildman–Crippen LogP) is 13.8. The maximum atomic E-state index is 6.16. The first-order valence-electron chi connectivity index (χ1n) is 17.7. The fourth-order valence-electron chi connectivity index (χ4n) is 8.62. The molecule has 0 unspecified atom stereocenters. The normalized spacial score (nSPS) is 12.2. The molecule has 0 radical (unpaired) electrons. The van der Waals surface area contributed by atoms with Crippen LogP contribution < -0.4 is 0 Å². The Bertz CT molecular complexity index is 3370. The van der Waals surface area contributed by atoms with E-state index in [9.17, 15) is 0 Å². The molecule has 0 amide bonds. The van der Waals surface area contributed by atoms with Crippen LogP contribution in [-0.2, 0) is 0 Å². The van der Waals surface area contributed by atoms with Crippen LogP contribution in [0.1, 0.15) is 0 Å². The Morgan fingerprint density at radius 3 is 1.85 bits per heavy atom. The zero-order valence-corrected chi connectivity index (χ0v) is 28.7. The number of thiophene rings is 1. The molecule has 3 nitrogen and oxygen atoms in total. The Morgan fingerprint density at radius 2 is 1.00 bits per heavy atom. The van der Waals surface area contributed by atoms with Crippen molar-refractivity contribution in [1.29, 1.82) is 0 Å². The summed E-state index contributed by atoms with van der Waals surface area (Å²) in [5.74, 6) is 0. The van der Waals surface area contributed by atoms with Gasteiger partial charge in [0.15, 0.2) is 0 Å². The third kappa shape index (κ3) is 3.84. The lowest BCUT2D eigenvalue weighted by Gasteiger charge is -2.12. The zero-order valence-electron chi connectivity index (χ0n) is 27.9. The summed E-state index contributed by atoms with van der Waals surface area (Å²) in [6.45, 7) is 0. The largest absolute Gasteiger partial charge is 0.456 e. The topological polar surface area (TPSA) is 23.0 Å². The average molecular weight is 681 g/mol. The Morgan fingerprint density at radius 1 is 0.365 bits per heavy atom. The van der Waals surface area contributed by atoms with Gasteiger partial charge in [-0.3, -0.25) is 0 Å². The molecular weight excluding hydrogens is 653 g/mol. The molecular formula is C48H28N2OS. The molecule has 0 atom stereocenters. The third-order valence-electron chi connectivity index (χ3n) is 10.9. The first-order chi connectivity index (χ1) is 25.8. The minimum absolute atomic E-state index is 0.912. The van der Waals surface area contributed by atoms with Crippen molar-refractivity contribution < 1.29 is 4.42 Å². The summed E-state index contributed by atoms with van der Waals surface area (Å²) >= 11 is 1.90. The molecule has 0 aliphatic rings. The number of rotatable bonds is 3. The fraction of sp³-hybridized carbons (Fsp3) is 0. The van der Waals surface area contributed by atoms with Crippen molar-refractivity contribution in [3.8, 4) is 22.5 Å². The second-order valence-corrected chi connectivity index (χ2v) is 14.8. The number of furan rings is 1. The highest BCUT2D eigenvalue weighted by Gasteiger charge is 2.20. The van der Waals surface area contributed by atoms with Crippen LogP contribution in [0.15, 0.2) is 174 Å². The van der Waals surface area contributed by atoms with Crippen LogP contribution in [-0.4, -0.2) is 9.13 Å². The molecule has 8 aromatic carbocycles. The van der Waals surface area contributed by atoms with E-state index in [0.29, 0.717) is 0 Å². The van der Waals surface area contributed by atoms with E-state index in [-0.39, 0.29) is 0 Å². The number of benzene rings is 8. The van der Waals surface area contributed by atoms with Gasteiger partial charge in [-0.2, -0.15) is 0 Å². The number of fused-ring (bicyclic) bond motifs is 13. The highest BCUT2D eigenvalue weighted by molar-refractivity contribution is 7.26. The van der Waals surface area contributed by atoms with E-state index in [1.807, 2.05) is 23.5 Å². The lowest BCUT2D eigenvalue weighted by molar-refractivity contribution is 0.669. The van der Waals surface area contributed by atoms with Crippen molar-refractivity contribution in [3.63, 3.8) is 0 Å². The molecule has 0 fully saturated rings. The van der Waals surface area contributed by atoms with Crippen LogP contribution >= 0.6 is 11.3 Å². The van der Waals surface area contributed by atoms with Gasteiger partial charge in [-0.05, 0) is 83.9 Å². The molecule has 4 heterocycles. The van der Waals surface area contributed by atoms with Gasteiger partial charge in [0, 0.05) is 63.9 Å². The molecule has 0 saturated heterocycles. The highest BCUT2D eigenvalue weighted by atomic mass is 32.1. The molecule has 242 valence electrons. The summed E-state index contributed by atoms with van der Waals surface area (Å²) in [5, 5.41) is 9.99. The molecule has 4 heteroatoms. The monoisotopic (exact) mass is 680 g/mol. The van der Waals surface area contributed by atoms with E-state index in [0.717, 1.165) is 33.3 Å². The Hall–Kier alpha value is -6.62. The minimum atomic E-state index is 0.912. The molecule has 0 aliphatic heterocycles. The minimum Gasteiger partial charge on any atom is -0.456 e. The van der Waals surface area contributed by atoms with Crippen LogP contribution in [0, 0.1) is 0 Å². The van der Waals surface area contributed by atoms with E-state index in [4.69, 9.17) is 4.42 Å². The SMILES string of the molecule is c1cc(-c2ccc3oc4ccccc4c3c2)cc(-n2c3ccc(-n4c5ccccc5c5ccccc54)cc3c3c4sc5ccccc5c4ccc32)c1. The van der Waals surface area contributed by atoms with Crippen molar-refractivity contribution in [2.45, 2.75) is 0 Å². The molecule has 12 aromatic rings. The van der Waals surface area contributed by atoms with Gasteiger partial charge in [-0.15, -0.1) is 11.3 Å². The summed E-state index contributed by atoms with van der Waals surface area (Å²) < 4.78 is 13.7. The number of nitrogens with zero attached hydrogens (tertiary/aromatic N) is 2. The maximum absolute atomic E-state index is 6.16. The van der Waals surface area contributed by atoms with E-state index in [2.05, 4.69) is 167 Å². The smallest absolute Gasteiger partial charge is 0.135 e. The van der Waals surface area contributed by atoms with E-state index in [1.165, 1.54) is 74.9 Å². The number of hydrogen-bond acceptors (Lipinski definition) is 2. The summed E-state index contributed by atoms with van der Waals surface area (Å²) in [4.78, 5) is 0. The van der Waals surface area contributed by atoms with Crippen molar-refractivity contribution in [3.05, 3.63) is 170 Å². The average Bonchev–Trinajstić information content (AvgIpc) is 3.95. The van der Waals surface area contributed by atoms with Crippen LogP contribution in [0.4, 0.5) is 0 Å². The molecule has 0 bridgehead atoms. The molecule has 0 aliphatic carbocycles. The van der Waals surface area contributed by atoms with Gasteiger partial charge in [0.25, 0.3) is 0 Å². The van der Waals surface area contributed by atoms with Crippen LogP contribution in [0.25, 0.3) is 108 Å². The van der Waals surface area contributed by atoms with E-state index in [1.54, 1.807) is 0 Å². The number of para-hydroxylation sites is 3. The van der Waals surface area contributed by atoms with Crippen LogP contribution in [0.3, 0.4) is 0 Å². The zero-order chi connectivity index (χ0) is 33.9. The van der Waals surface area contributed by atoms with Gasteiger partial charge < -0.3 is 13.6 Å². The number of hydrogen-bond donors (Lipinski definition) is 0. The molecule has 0 saturated carbocycles. The van der Waals surface area contributed by atoms with Gasteiger partial charge in [0.05, 0.1) is 22.1 Å². The van der Waals surface area contributed by atoms with Crippen molar-refractivity contribution in [2.75, 3.05) is 0 Å². The molecule has 12 rings (SSSR count). The Labute approximate surface area is 301 Å². The quantitative estimate of drug-likeness (QED) is 0.182. The van der Waals surface area contributed by atoms with Gasteiger partial charge in [0.2, 0.25) is 0 Å². The molecule has 4 aromatic heterocycles. The first-order valence-corrected chi connectivity index (χ1v) is 18.5. The lowest BCUT2D eigenvalue weighted by atomic mass is 10.0. The maximum Gasteiger partial charge on any atom is 0.135 e. The predicted molar refractivity (Wildman–Crippen MR) is 221 cm³/mol. The van der Waals surface area contributed by atoms with E-state index < -0.39 is 0 Å². The van der Waals surface area contributed by atoms with Gasteiger partial charge in [-0.25, -0.2) is 0 Å². The van der Waals surface area contributed by atoms with Crippen molar-refractivity contribution in [1.82, 2.24) is 9.13 Å². The van der Waals surface area contributed by atoms with Gasteiger partial charge in [0.1, 0.15) is 11.2 Å². The summed E-state index contributed by atoms with van der Waals surface area (Å²) in [5.41, 5.74) is 11.3. The second kappa shape index (κ2) is 10.5. The lowest BCUT2D eigenvalue weighted by Crippen LogP contribution is -1.96. The summed E-state index contributed by atoms with van der Waals surface area (Å²) in [6.07, 6.45) is 0. The second-order valence-electron chi connectivity index (χ2n) is 13.7. The summed E-state index contributed by atoms with van der Waals surface area (Å²) in [7, 11) is 0. The van der Waals surface area contributed by atoms with Gasteiger partial charge in [-0.1, -0.05) is 97.1 Å². The number of aromatic nitrogens is 2. The van der Waals surface area contributed by atoms with Gasteiger partial charge >= 0.3 is 0 Å². The molecule has 52 heavy (non-hydrogen) atoms. The van der Waals surface area contributed by atoms with Crippen LogP contribution in [0.2, 0.25) is 0 Å². The molecule has 0 spiro atoms. The Kier molecular flexibility index (Phi) is 5.65. The van der Waals surface area contributed by atoms with Crippen molar-refractivity contribution >= 4 is 97.1 Å². The standard InChI is InChI=1S/C48H28N2OS/c1-5-16-40-33(12-1)34-13-2-6-17-41(34)49(40)32-21-23-42-39(28-32)47-43(24-22-37-36-15-4-8-19-46(36)52-48(37)47)50(42)31-11-9-10-29(26-31)30-20-25-45-38(27-30)35-14-3-7-18-44(35)51-45/h1-28H. The van der Waals surface area contributed by atoms with E-state index >= 15 is 0 Å². The fourth-order valence-corrected chi connectivity index (χ4v) is 9.88. The van der Waals surface area contributed by atoms with Crippen LogP contribution in [0.5, 0.6) is 0 Å². The first kappa shape index (κ1) is 28.1. The van der Waals surface area contributed by atoms with Crippen molar-refractivity contribution in [2.24, 2.45) is 0 Å². The highest BCUT2D eigenvalue weighted by Crippen LogP contribution is 2.45. The summed E-state index contributed by atoms with van der Waals surface area (Å²) in [6, 6.07) is 61.8. The Balaban J connectivity index is 1.14.